The fraction of sp³-hybridized carbons (Fsp3) is 0.462. The molecular formula is C13H18F2NO2+. The molecule has 0 radical (unpaired) electrons. The van der Waals surface area contributed by atoms with E-state index in [9.17, 15) is 13.6 Å². The molecule has 18 heavy (non-hydrogen) atoms. The highest BCUT2D eigenvalue weighted by Gasteiger charge is 2.15. The van der Waals surface area contributed by atoms with E-state index in [1.54, 1.807) is 0 Å². The molecule has 0 bridgehead atoms. The minimum Gasteiger partial charge on any atom is -0.420 e. The van der Waals surface area contributed by atoms with Gasteiger partial charge in [-0.3, -0.25) is 4.79 Å². The molecule has 0 unspecified atom stereocenters. The Kier molecular flexibility index (Phi) is 4.78. The molecule has 0 heterocycles. The van der Waals surface area contributed by atoms with Crippen molar-refractivity contribution in [3.63, 3.8) is 0 Å². The van der Waals surface area contributed by atoms with Crippen molar-refractivity contribution in [2.75, 3.05) is 27.7 Å². The van der Waals surface area contributed by atoms with Crippen LogP contribution >= 0.6 is 0 Å². The van der Waals surface area contributed by atoms with Crippen LogP contribution in [0.25, 0.3) is 0 Å². The molecule has 1 aromatic rings. The van der Waals surface area contributed by atoms with Crippen LogP contribution in [0, 0.1) is 11.6 Å². The van der Waals surface area contributed by atoms with Gasteiger partial charge < -0.3 is 9.22 Å². The van der Waals surface area contributed by atoms with Crippen molar-refractivity contribution in [2.45, 2.75) is 12.8 Å². The Balaban J connectivity index is 2.50. The minimum atomic E-state index is -0.866. The molecule has 0 atom stereocenters. The summed E-state index contributed by atoms with van der Waals surface area (Å²) >= 11 is 0. The average molecular weight is 258 g/mol. The highest BCUT2D eigenvalue weighted by atomic mass is 19.1. The Labute approximate surface area is 106 Å². The number of ether oxygens (including phenoxy) is 1. The molecule has 0 aliphatic rings. The van der Waals surface area contributed by atoms with Gasteiger partial charge in [-0.2, -0.15) is 0 Å². The summed E-state index contributed by atoms with van der Waals surface area (Å²) in [5.41, 5.74) is 0. The number of rotatable bonds is 5. The second kappa shape index (κ2) is 5.91. The molecule has 0 aromatic heterocycles. The van der Waals surface area contributed by atoms with Gasteiger partial charge in [-0.25, -0.2) is 8.78 Å². The molecular weight excluding hydrogens is 240 g/mol. The second-order valence-corrected chi connectivity index (χ2v) is 5.14. The van der Waals surface area contributed by atoms with E-state index in [1.165, 1.54) is 6.07 Å². The van der Waals surface area contributed by atoms with Crippen LogP contribution in [0.3, 0.4) is 0 Å². The number of hydrogen-bond donors (Lipinski definition) is 0. The van der Waals surface area contributed by atoms with Gasteiger partial charge in [0, 0.05) is 6.42 Å². The topological polar surface area (TPSA) is 26.3 Å². The molecule has 1 aromatic carbocycles. The number of nitrogens with zero attached hydrogens (tertiary/aromatic N) is 1. The molecule has 1 rings (SSSR count). The third-order valence-corrected chi connectivity index (χ3v) is 2.34. The number of carbonyl (C=O) groups is 1. The van der Waals surface area contributed by atoms with E-state index in [1.807, 2.05) is 21.1 Å². The van der Waals surface area contributed by atoms with Crippen LogP contribution in [0.4, 0.5) is 8.78 Å². The highest BCUT2D eigenvalue weighted by molar-refractivity contribution is 5.72. The molecule has 0 saturated heterocycles. The molecule has 0 saturated carbocycles. The lowest BCUT2D eigenvalue weighted by Crippen LogP contribution is -2.35. The maximum absolute atomic E-state index is 13.2. The summed E-state index contributed by atoms with van der Waals surface area (Å²) in [7, 11) is 6.01. The lowest BCUT2D eigenvalue weighted by Gasteiger charge is -2.23. The summed E-state index contributed by atoms with van der Waals surface area (Å²) in [5, 5.41) is 0. The van der Waals surface area contributed by atoms with E-state index in [0.29, 0.717) is 6.42 Å². The normalized spacial score (nSPS) is 11.4. The largest absolute Gasteiger partial charge is 0.420 e. The van der Waals surface area contributed by atoms with Crippen LogP contribution in [0.2, 0.25) is 0 Å². The van der Waals surface area contributed by atoms with Gasteiger partial charge in [-0.05, 0) is 12.1 Å². The SMILES string of the molecule is C[N+](C)(C)CCCC(=O)Oc1c(F)cccc1F. The summed E-state index contributed by atoms with van der Waals surface area (Å²) in [6.07, 6.45) is 0.752. The first-order valence-corrected chi connectivity index (χ1v) is 5.75. The van der Waals surface area contributed by atoms with Gasteiger partial charge in [-0.1, -0.05) is 6.07 Å². The van der Waals surface area contributed by atoms with Crippen LogP contribution in [-0.2, 0) is 4.79 Å². The van der Waals surface area contributed by atoms with Crippen molar-refractivity contribution in [3.05, 3.63) is 29.8 Å². The Morgan fingerprint density at radius 2 is 1.78 bits per heavy atom. The predicted octanol–water partition coefficient (Wildman–Crippen LogP) is 2.36. The van der Waals surface area contributed by atoms with Gasteiger partial charge in [0.2, 0.25) is 5.75 Å². The van der Waals surface area contributed by atoms with Crippen LogP contribution in [0.5, 0.6) is 5.75 Å². The van der Waals surface area contributed by atoms with E-state index >= 15 is 0 Å². The van der Waals surface area contributed by atoms with Crippen molar-refractivity contribution >= 4 is 5.97 Å². The van der Waals surface area contributed by atoms with Crippen molar-refractivity contribution in [1.29, 1.82) is 0 Å². The van der Waals surface area contributed by atoms with Crippen molar-refractivity contribution in [2.24, 2.45) is 0 Å². The van der Waals surface area contributed by atoms with E-state index < -0.39 is 23.4 Å². The fourth-order valence-electron chi connectivity index (χ4n) is 1.44. The standard InChI is InChI=1S/C13H18F2NO2/c1-16(2,3)9-5-8-12(17)18-13-10(14)6-4-7-11(13)15/h4,6-7H,5,8-9H2,1-3H3/q+1. The van der Waals surface area contributed by atoms with Gasteiger partial charge in [0.1, 0.15) is 0 Å². The first-order valence-electron chi connectivity index (χ1n) is 5.75. The van der Waals surface area contributed by atoms with E-state index in [4.69, 9.17) is 4.74 Å². The molecule has 0 aliphatic heterocycles. The number of esters is 1. The third-order valence-electron chi connectivity index (χ3n) is 2.34. The Hall–Kier alpha value is -1.49. The number of quaternary nitrogens is 1. The number of benzene rings is 1. The molecule has 100 valence electrons. The minimum absolute atomic E-state index is 0.142. The van der Waals surface area contributed by atoms with E-state index in [0.717, 1.165) is 23.2 Å². The summed E-state index contributed by atoms with van der Waals surface area (Å²) in [6.45, 7) is 0.787. The zero-order valence-corrected chi connectivity index (χ0v) is 10.9. The third kappa shape index (κ3) is 4.79. The maximum Gasteiger partial charge on any atom is 0.311 e. The summed E-state index contributed by atoms with van der Waals surface area (Å²) < 4.78 is 31.8. The van der Waals surface area contributed by atoms with E-state index in [-0.39, 0.29) is 6.42 Å². The van der Waals surface area contributed by atoms with Crippen LogP contribution < -0.4 is 4.74 Å². The Morgan fingerprint density at radius 1 is 1.22 bits per heavy atom. The number of halogens is 2. The lowest BCUT2D eigenvalue weighted by molar-refractivity contribution is -0.870. The molecule has 3 nitrogen and oxygen atoms in total. The molecule has 0 fully saturated rings. The summed E-state index contributed by atoms with van der Waals surface area (Å²) in [6, 6.07) is 3.33. The molecule has 0 amide bonds. The summed E-state index contributed by atoms with van der Waals surface area (Å²) in [4.78, 5) is 11.4. The van der Waals surface area contributed by atoms with Crippen LogP contribution in [-0.4, -0.2) is 38.1 Å². The van der Waals surface area contributed by atoms with Gasteiger partial charge in [-0.15, -0.1) is 0 Å². The molecule has 0 aliphatic carbocycles. The van der Waals surface area contributed by atoms with Gasteiger partial charge >= 0.3 is 5.97 Å². The Morgan fingerprint density at radius 3 is 2.28 bits per heavy atom. The number of para-hydroxylation sites is 1. The lowest BCUT2D eigenvalue weighted by atomic mass is 10.3. The highest BCUT2D eigenvalue weighted by Crippen LogP contribution is 2.21. The summed E-state index contributed by atoms with van der Waals surface area (Å²) in [5.74, 6) is -2.97. The Bertz CT molecular complexity index is 407. The van der Waals surface area contributed by atoms with Crippen molar-refractivity contribution in [1.82, 2.24) is 0 Å². The van der Waals surface area contributed by atoms with E-state index in [2.05, 4.69) is 0 Å². The van der Waals surface area contributed by atoms with Crippen LogP contribution in [0.1, 0.15) is 12.8 Å². The quantitative estimate of drug-likeness (QED) is 0.460. The number of carbonyl (C=O) groups excluding carboxylic acids is 1. The first kappa shape index (κ1) is 14.6. The van der Waals surface area contributed by atoms with Gasteiger partial charge in [0.15, 0.2) is 11.6 Å². The fourth-order valence-corrected chi connectivity index (χ4v) is 1.44. The zero-order valence-electron chi connectivity index (χ0n) is 10.9. The molecule has 5 heteroatoms. The zero-order chi connectivity index (χ0) is 13.8. The number of hydrogen-bond acceptors (Lipinski definition) is 2. The van der Waals surface area contributed by atoms with Crippen LogP contribution in [0.15, 0.2) is 18.2 Å². The maximum atomic E-state index is 13.2. The molecule has 0 spiro atoms. The van der Waals surface area contributed by atoms with Crippen molar-refractivity contribution < 1.29 is 22.8 Å². The van der Waals surface area contributed by atoms with Gasteiger partial charge in [0.05, 0.1) is 34.1 Å². The molecule has 0 N–H and O–H groups in total. The first-order chi connectivity index (χ1) is 8.29. The monoisotopic (exact) mass is 258 g/mol. The predicted molar refractivity (Wildman–Crippen MR) is 64.1 cm³/mol. The van der Waals surface area contributed by atoms with Crippen molar-refractivity contribution in [3.8, 4) is 5.75 Å². The smallest absolute Gasteiger partial charge is 0.311 e. The second-order valence-electron chi connectivity index (χ2n) is 5.14. The van der Waals surface area contributed by atoms with Gasteiger partial charge in [0.25, 0.3) is 0 Å². The average Bonchev–Trinajstić information content (AvgIpc) is 2.22.